The third-order valence-electron chi connectivity index (χ3n) is 4.49. The third-order valence-corrected chi connectivity index (χ3v) is 5.59. The number of rotatable bonds is 4. The highest BCUT2D eigenvalue weighted by atomic mass is 32.2. The number of anilines is 1. The average Bonchev–Trinajstić information content (AvgIpc) is 3.05. The van der Waals surface area contributed by atoms with E-state index in [0.29, 0.717) is 22.3 Å². The van der Waals surface area contributed by atoms with E-state index in [2.05, 4.69) is 20.5 Å². The Labute approximate surface area is 164 Å². The van der Waals surface area contributed by atoms with Crippen LogP contribution in [0.15, 0.2) is 62.7 Å². The third kappa shape index (κ3) is 3.65. The van der Waals surface area contributed by atoms with Gasteiger partial charge >= 0.3 is 0 Å². The van der Waals surface area contributed by atoms with Crippen molar-refractivity contribution < 1.29 is 9.59 Å². The van der Waals surface area contributed by atoms with E-state index in [1.807, 2.05) is 18.2 Å². The minimum Gasteiger partial charge on any atom is -0.326 e. The van der Waals surface area contributed by atoms with Crippen LogP contribution in [0.2, 0.25) is 0 Å². The standard InChI is InChI=1S/C19H17N5O3S/c1-11-8-18(27)24-12(10-28-19(24)20-11)9-17(26)21-14-5-3-2-4-13(14)15-6-7-16(25)23-22-15/h2-8,12,15H,9-10H2,1H3,(H,21,26). The molecule has 9 heteroatoms. The van der Waals surface area contributed by atoms with E-state index in [9.17, 15) is 14.4 Å². The number of nitrogens with one attached hydrogen (secondary N) is 1. The van der Waals surface area contributed by atoms with Crippen LogP contribution >= 0.6 is 11.8 Å². The monoisotopic (exact) mass is 395 g/mol. The highest BCUT2D eigenvalue weighted by Crippen LogP contribution is 2.33. The van der Waals surface area contributed by atoms with E-state index in [4.69, 9.17) is 0 Å². The van der Waals surface area contributed by atoms with Crippen molar-refractivity contribution in [1.29, 1.82) is 0 Å². The number of carbonyl (C=O) groups excluding carboxylic acids is 2. The van der Waals surface area contributed by atoms with Gasteiger partial charge in [-0.15, -0.1) is 5.11 Å². The van der Waals surface area contributed by atoms with Crippen molar-refractivity contribution in [2.45, 2.75) is 30.6 Å². The summed E-state index contributed by atoms with van der Waals surface area (Å²) < 4.78 is 1.59. The van der Waals surface area contributed by atoms with Crippen LogP contribution < -0.4 is 10.9 Å². The molecular weight excluding hydrogens is 378 g/mol. The molecule has 2 aliphatic heterocycles. The molecule has 2 amide bonds. The number of nitrogens with zero attached hydrogens (tertiary/aromatic N) is 4. The Balaban J connectivity index is 1.51. The fourth-order valence-corrected chi connectivity index (χ4v) is 4.42. The van der Waals surface area contributed by atoms with Gasteiger partial charge in [0.2, 0.25) is 5.91 Å². The van der Waals surface area contributed by atoms with Gasteiger partial charge in [-0.1, -0.05) is 30.0 Å². The molecule has 0 aliphatic carbocycles. The second kappa shape index (κ2) is 7.51. The van der Waals surface area contributed by atoms with Gasteiger partial charge in [-0.3, -0.25) is 19.0 Å². The molecule has 0 spiro atoms. The molecule has 1 aromatic heterocycles. The zero-order valence-corrected chi connectivity index (χ0v) is 15.8. The summed E-state index contributed by atoms with van der Waals surface area (Å²) in [5.41, 5.74) is 1.90. The molecule has 1 aromatic carbocycles. The van der Waals surface area contributed by atoms with Gasteiger partial charge in [0.1, 0.15) is 6.04 Å². The predicted molar refractivity (Wildman–Crippen MR) is 104 cm³/mol. The maximum atomic E-state index is 12.7. The molecule has 2 aromatic rings. The van der Waals surface area contributed by atoms with Gasteiger partial charge < -0.3 is 5.32 Å². The molecule has 0 saturated carbocycles. The molecule has 3 heterocycles. The molecule has 0 saturated heterocycles. The first-order valence-corrected chi connectivity index (χ1v) is 9.74. The first-order chi connectivity index (χ1) is 13.5. The second-order valence-electron chi connectivity index (χ2n) is 6.55. The number of azo groups is 1. The van der Waals surface area contributed by atoms with Crippen LogP contribution in [0.4, 0.5) is 5.69 Å². The number of para-hydroxylation sites is 1. The molecule has 8 nitrogen and oxygen atoms in total. The minimum atomic E-state index is -0.424. The maximum absolute atomic E-state index is 12.7. The summed E-state index contributed by atoms with van der Waals surface area (Å²) in [6, 6.07) is 8.08. The summed E-state index contributed by atoms with van der Waals surface area (Å²) in [6.45, 7) is 1.78. The number of aryl methyl sites for hydroxylation is 1. The quantitative estimate of drug-likeness (QED) is 0.802. The van der Waals surface area contributed by atoms with Gasteiger partial charge in [0, 0.05) is 41.3 Å². The normalized spacial score (nSPS) is 20.2. The summed E-state index contributed by atoms with van der Waals surface area (Å²) >= 11 is 1.48. The highest BCUT2D eigenvalue weighted by Gasteiger charge is 2.27. The maximum Gasteiger partial charge on any atom is 0.287 e. The Kier molecular flexibility index (Phi) is 4.91. The van der Waals surface area contributed by atoms with Crippen molar-refractivity contribution in [2.24, 2.45) is 10.2 Å². The Morgan fingerprint density at radius 1 is 1.32 bits per heavy atom. The van der Waals surface area contributed by atoms with Crippen LogP contribution in [0.25, 0.3) is 0 Å². The number of benzene rings is 1. The van der Waals surface area contributed by atoms with E-state index >= 15 is 0 Å². The van der Waals surface area contributed by atoms with Gasteiger partial charge in [0.05, 0.1) is 6.04 Å². The van der Waals surface area contributed by atoms with Gasteiger partial charge in [-0.05, 0) is 19.1 Å². The van der Waals surface area contributed by atoms with Gasteiger partial charge in [-0.25, -0.2) is 4.98 Å². The van der Waals surface area contributed by atoms with Gasteiger partial charge in [0.15, 0.2) is 5.16 Å². The van der Waals surface area contributed by atoms with E-state index in [1.54, 1.807) is 23.6 Å². The van der Waals surface area contributed by atoms with E-state index in [1.165, 1.54) is 23.9 Å². The molecule has 0 fully saturated rings. The number of hydrogen-bond donors (Lipinski definition) is 1. The Hall–Kier alpha value is -3.07. The Morgan fingerprint density at radius 3 is 2.93 bits per heavy atom. The van der Waals surface area contributed by atoms with Crippen LogP contribution in [0.1, 0.15) is 29.8 Å². The lowest BCUT2D eigenvalue weighted by atomic mass is 10.0. The average molecular weight is 395 g/mol. The zero-order chi connectivity index (χ0) is 19.7. The smallest absolute Gasteiger partial charge is 0.287 e. The van der Waals surface area contributed by atoms with Crippen LogP contribution in [0, 0.1) is 6.92 Å². The number of hydrogen-bond acceptors (Lipinski definition) is 6. The molecule has 1 N–H and O–H groups in total. The van der Waals surface area contributed by atoms with Crippen LogP contribution in [-0.4, -0.2) is 27.1 Å². The minimum absolute atomic E-state index is 0.136. The summed E-state index contributed by atoms with van der Waals surface area (Å²) in [4.78, 5) is 40.5. The van der Waals surface area contributed by atoms with Crippen LogP contribution in [-0.2, 0) is 9.59 Å². The topological polar surface area (TPSA) is 106 Å². The number of fused-ring (bicyclic) bond motifs is 1. The van der Waals surface area contributed by atoms with Crippen LogP contribution in [0.3, 0.4) is 0 Å². The van der Waals surface area contributed by atoms with Crippen molar-refractivity contribution >= 4 is 29.3 Å². The van der Waals surface area contributed by atoms with Crippen molar-refractivity contribution in [3.8, 4) is 0 Å². The highest BCUT2D eigenvalue weighted by molar-refractivity contribution is 7.99. The molecule has 4 rings (SSSR count). The molecule has 0 bridgehead atoms. The van der Waals surface area contributed by atoms with E-state index < -0.39 is 11.9 Å². The van der Waals surface area contributed by atoms with Crippen molar-refractivity contribution in [3.63, 3.8) is 0 Å². The van der Waals surface area contributed by atoms with E-state index in [0.717, 1.165) is 5.56 Å². The molecule has 2 aliphatic rings. The molecule has 2 atom stereocenters. The summed E-state index contributed by atoms with van der Waals surface area (Å²) in [5.74, 6) is 0.0262. The number of aromatic nitrogens is 2. The fraction of sp³-hybridized carbons (Fsp3) is 0.263. The van der Waals surface area contributed by atoms with E-state index in [-0.39, 0.29) is 23.9 Å². The molecule has 0 radical (unpaired) electrons. The largest absolute Gasteiger partial charge is 0.326 e. The lowest BCUT2D eigenvalue weighted by molar-refractivity contribution is -0.117. The number of thioether (sulfide) groups is 1. The summed E-state index contributed by atoms with van der Waals surface area (Å²) in [7, 11) is 0. The van der Waals surface area contributed by atoms with Gasteiger partial charge in [-0.2, -0.15) is 5.11 Å². The van der Waals surface area contributed by atoms with Crippen molar-refractivity contribution in [1.82, 2.24) is 9.55 Å². The summed E-state index contributed by atoms with van der Waals surface area (Å²) in [6.07, 6.45) is 3.18. The predicted octanol–water partition coefficient (Wildman–Crippen LogP) is 2.82. The lowest BCUT2D eigenvalue weighted by Crippen LogP contribution is -2.27. The molecular formula is C19H17N5O3S. The SMILES string of the molecule is Cc1cc(=O)n2c(n1)SCC2CC(=O)Nc1ccccc1C1C=CC(=O)N=N1. The second-order valence-corrected chi connectivity index (χ2v) is 7.54. The molecule has 2 unspecified atom stereocenters. The summed E-state index contributed by atoms with van der Waals surface area (Å²) in [5, 5.41) is 11.1. The Bertz CT molecular complexity index is 1060. The first-order valence-electron chi connectivity index (χ1n) is 8.76. The van der Waals surface area contributed by atoms with Crippen molar-refractivity contribution in [2.75, 3.05) is 11.1 Å². The van der Waals surface area contributed by atoms with Crippen LogP contribution in [0.5, 0.6) is 0 Å². The molecule has 28 heavy (non-hydrogen) atoms. The number of amides is 2. The van der Waals surface area contributed by atoms with Gasteiger partial charge in [0.25, 0.3) is 11.5 Å². The number of carbonyl (C=O) groups is 2. The zero-order valence-electron chi connectivity index (χ0n) is 15.0. The lowest BCUT2D eigenvalue weighted by Gasteiger charge is -2.17. The van der Waals surface area contributed by atoms with Crippen molar-refractivity contribution in [3.05, 3.63) is 64.1 Å². The molecule has 142 valence electrons. The fourth-order valence-electron chi connectivity index (χ4n) is 3.23. The first kappa shape index (κ1) is 18.3. The Morgan fingerprint density at radius 2 is 2.14 bits per heavy atom.